The van der Waals surface area contributed by atoms with Crippen molar-refractivity contribution in [2.24, 2.45) is 5.41 Å². The van der Waals surface area contributed by atoms with Crippen molar-refractivity contribution in [1.82, 2.24) is 9.97 Å². The molecule has 198 valence electrons. The molecule has 1 saturated heterocycles. The van der Waals surface area contributed by atoms with Gasteiger partial charge in [-0.1, -0.05) is 45.0 Å². The first-order valence-electron chi connectivity index (χ1n) is 12.8. The molecule has 5 rings (SSSR count). The molecule has 3 heterocycles. The van der Waals surface area contributed by atoms with Crippen LogP contribution in [0.25, 0.3) is 0 Å². The quantitative estimate of drug-likeness (QED) is 0.486. The highest BCUT2D eigenvalue weighted by atomic mass is 19.1. The monoisotopic (exact) mass is 525 g/mol. The van der Waals surface area contributed by atoms with Gasteiger partial charge >= 0.3 is 0 Å². The number of nitriles is 1. The highest BCUT2D eigenvalue weighted by Crippen LogP contribution is 2.49. The number of hydrogen-bond donors (Lipinski definition) is 0. The molecule has 0 saturated carbocycles. The first-order chi connectivity index (χ1) is 18.6. The third kappa shape index (κ3) is 4.36. The summed E-state index contributed by atoms with van der Waals surface area (Å²) in [6, 6.07) is 12.7. The van der Waals surface area contributed by atoms with Gasteiger partial charge < -0.3 is 0 Å². The number of hydrogen-bond acceptors (Lipinski definition) is 6. The molecular formula is C30H28FN5O3. The Labute approximate surface area is 226 Å². The molecule has 3 aromatic rings. The number of pyridine rings is 2. The van der Waals surface area contributed by atoms with Gasteiger partial charge in [-0.25, -0.2) is 9.37 Å². The Bertz CT molecular complexity index is 1530. The van der Waals surface area contributed by atoms with Crippen LogP contribution in [0.3, 0.4) is 0 Å². The number of carbonyl (C=O) groups excluding carboxylic acids is 3. The van der Waals surface area contributed by atoms with E-state index in [1.165, 1.54) is 40.4 Å². The molecule has 39 heavy (non-hydrogen) atoms. The van der Waals surface area contributed by atoms with Crippen molar-refractivity contribution >= 4 is 29.1 Å². The van der Waals surface area contributed by atoms with Gasteiger partial charge in [0.2, 0.25) is 5.91 Å². The zero-order chi connectivity index (χ0) is 27.9. The lowest BCUT2D eigenvalue weighted by molar-refractivity contribution is -0.135. The van der Waals surface area contributed by atoms with E-state index in [0.717, 1.165) is 11.8 Å². The van der Waals surface area contributed by atoms with Crippen LogP contribution >= 0.6 is 0 Å². The average Bonchev–Trinajstić information content (AvgIpc) is 3.49. The van der Waals surface area contributed by atoms with Crippen molar-refractivity contribution in [3.8, 4) is 6.07 Å². The van der Waals surface area contributed by atoms with Gasteiger partial charge in [-0.15, -0.1) is 0 Å². The van der Waals surface area contributed by atoms with Gasteiger partial charge in [0, 0.05) is 24.1 Å². The minimum atomic E-state index is -1.44. The molecular weight excluding hydrogens is 497 g/mol. The second kappa shape index (κ2) is 9.70. The molecule has 0 radical (unpaired) electrons. The highest BCUT2D eigenvalue weighted by molar-refractivity contribution is 6.13. The molecule has 9 heteroatoms. The number of nitrogens with zero attached hydrogens (tertiary/aromatic N) is 5. The summed E-state index contributed by atoms with van der Waals surface area (Å²) in [5.74, 6) is -1.53. The number of benzene rings is 1. The second-order valence-electron chi connectivity index (χ2n) is 11.0. The molecule has 0 N–H and O–H groups in total. The number of ketones is 1. The van der Waals surface area contributed by atoms with E-state index < -0.39 is 28.7 Å². The van der Waals surface area contributed by atoms with Crippen molar-refractivity contribution in [2.45, 2.75) is 58.0 Å². The number of carbonyl (C=O) groups is 3. The Hall–Kier alpha value is -4.45. The Morgan fingerprint density at radius 3 is 2.64 bits per heavy atom. The SMILES string of the molecule is CC(C)(C)C(=O)[C@@]1(N(C(=O)[C@@H]2CCC(=O)N2c2cc(C#N)ccn2)c2cncc(F)c2)CCc2ccccc21. The molecule has 1 aromatic carbocycles. The van der Waals surface area contributed by atoms with Crippen molar-refractivity contribution in [3.05, 3.63) is 83.6 Å². The highest BCUT2D eigenvalue weighted by Gasteiger charge is 2.57. The topological polar surface area (TPSA) is 107 Å². The number of fused-ring (bicyclic) bond motifs is 1. The van der Waals surface area contributed by atoms with Crippen molar-refractivity contribution in [2.75, 3.05) is 9.80 Å². The zero-order valence-corrected chi connectivity index (χ0v) is 22.0. The van der Waals surface area contributed by atoms with E-state index in [1.54, 1.807) is 20.8 Å². The van der Waals surface area contributed by atoms with Crippen LogP contribution in [0, 0.1) is 22.6 Å². The van der Waals surface area contributed by atoms with E-state index in [9.17, 15) is 24.0 Å². The first-order valence-corrected chi connectivity index (χ1v) is 12.8. The Balaban J connectivity index is 1.73. The molecule has 0 bridgehead atoms. The number of rotatable bonds is 5. The minimum Gasteiger partial charge on any atom is -0.296 e. The largest absolute Gasteiger partial charge is 0.296 e. The molecule has 2 amide bonds. The first kappa shape index (κ1) is 26.2. The molecule has 1 aliphatic carbocycles. The molecule has 2 aliphatic rings. The summed E-state index contributed by atoms with van der Waals surface area (Å²) >= 11 is 0. The minimum absolute atomic E-state index is 0.0842. The maximum absolute atomic E-state index is 14.7. The lowest BCUT2D eigenvalue weighted by Gasteiger charge is -2.45. The molecule has 0 spiro atoms. The third-order valence-electron chi connectivity index (χ3n) is 7.45. The summed E-state index contributed by atoms with van der Waals surface area (Å²) in [7, 11) is 0. The number of amides is 2. The second-order valence-corrected chi connectivity index (χ2v) is 11.0. The molecule has 1 fully saturated rings. The molecule has 1 aliphatic heterocycles. The lowest BCUT2D eigenvalue weighted by atomic mass is 9.73. The maximum Gasteiger partial charge on any atom is 0.251 e. The number of aromatic nitrogens is 2. The van der Waals surface area contributed by atoms with Crippen LogP contribution in [0.1, 0.15) is 56.7 Å². The van der Waals surface area contributed by atoms with Gasteiger partial charge in [-0.05, 0) is 42.5 Å². The van der Waals surface area contributed by atoms with E-state index in [1.807, 2.05) is 30.3 Å². The van der Waals surface area contributed by atoms with Crippen LogP contribution in [-0.2, 0) is 26.3 Å². The van der Waals surface area contributed by atoms with Gasteiger partial charge in [0.1, 0.15) is 23.2 Å². The van der Waals surface area contributed by atoms with Gasteiger partial charge in [-0.3, -0.25) is 29.2 Å². The zero-order valence-electron chi connectivity index (χ0n) is 22.0. The fourth-order valence-electron chi connectivity index (χ4n) is 5.81. The third-order valence-corrected chi connectivity index (χ3v) is 7.45. The number of anilines is 2. The number of halogens is 1. The Morgan fingerprint density at radius 2 is 1.92 bits per heavy atom. The van der Waals surface area contributed by atoms with Gasteiger partial charge in [-0.2, -0.15) is 5.26 Å². The van der Waals surface area contributed by atoms with Gasteiger partial charge in [0.05, 0.1) is 29.7 Å². The van der Waals surface area contributed by atoms with Gasteiger partial charge in [0.25, 0.3) is 5.91 Å². The fraction of sp³-hybridized carbons (Fsp3) is 0.333. The van der Waals surface area contributed by atoms with Crippen LogP contribution < -0.4 is 9.80 Å². The molecule has 2 aromatic heterocycles. The van der Waals surface area contributed by atoms with Gasteiger partial charge in [0.15, 0.2) is 5.78 Å². The van der Waals surface area contributed by atoms with Crippen molar-refractivity contribution in [1.29, 1.82) is 5.26 Å². The summed E-state index contributed by atoms with van der Waals surface area (Å²) in [6.45, 7) is 5.40. The standard InChI is InChI=1S/C30H28FN5O3/c1-29(2,3)28(39)30(12-10-20-6-4-5-7-23(20)30)36(22-15-21(31)17-33-18-22)27(38)24-8-9-26(37)35(24)25-14-19(16-32)11-13-34-25/h4-7,11,13-15,17-18,24H,8-10,12H2,1-3H3/t24-,30+/m0/s1. The predicted molar refractivity (Wildman–Crippen MR) is 142 cm³/mol. The fourth-order valence-corrected chi connectivity index (χ4v) is 5.81. The summed E-state index contributed by atoms with van der Waals surface area (Å²) in [4.78, 5) is 53.2. The lowest BCUT2D eigenvalue weighted by Crippen LogP contribution is -2.61. The van der Waals surface area contributed by atoms with E-state index >= 15 is 0 Å². The number of Topliss-reactive ketones (excluding diaryl/α,β-unsaturated/α-hetero) is 1. The van der Waals surface area contributed by atoms with Crippen LogP contribution in [0.4, 0.5) is 15.9 Å². The van der Waals surface area contributed by atoms with Crippen LogP contribution in [-0.4, -0.2) is 33.6 Å². The maximum atomic E-state index is 14.7. The predicted octanol–water partition coefficient (Wildman–Crippen LogP) is 4.47. The van der Waals surface area contributed by atoms with Crippen molar-refractivity contribution < 1.29 is 18.8 Å². The molecule has 0 unspecified atom stereocenters. The van der Waals surface area contributed by atoms with E-state index in [2.05, 4.69) is 9.97 Å². The summed E-state index contributed by atoms with van der Waals surface area (Å²) < 4.78 is 14.6. The van der Waals surface area contributed by atoms with Crippen LogP contribution in [0.15, 0.2) is 61.1 Å². The normalized spacial score (nSPS) is 20.4. The Morgan fingerprint density at radius 1 is 1.15 bits per heavy atom. The van der Waals surface area contributed by atoms with E-state index in [0.29, 0.717) is 24.0 Å². The Kier molecular flexibility index (Phi) is 6.51. The van der Waals surface area contributed by atoms with Crippen molar-refractivity contribution in [3.63, 3.8) is 0 Å². The summed E-state index contributed by atoms with van der Waals surface area (Å²) in [6.07, 6.45) is 4.92. The summed E-state index contributed by atoms with van der Waals surface area (Å²) in [5, 5.41) is 9.38. The number of aryl methyl sites for hydroxylation is 1. The van der Waals surface area contributed by atoms with E-state index in [-0.39, 0.29) is 36.0 Å². The van der Waals surface area contributed by atoms with Crippen LogP contribution in [0.2, 0.25) is 0 Å². The summed E-state index contributed by atoms with van der Waals surface area (Å²) in [5.41, 5.74) is -0.262. The van der Waals surface area contributed by atoms with Crippen LogP contribution in [0.5, 0.6) is 0 Å². The smallest absolute Gasteiger partial charge is 0.251 e. The van der Waals surface area contributed by atoms with E-state index in [4.69, 9.17) is 0 Å². The average molecular weight is 526 g/mol. The molecule has 2 atom stereocenters. The molecule has 8 nitrogen and oxygen atoms in total.